The lowest BCUT2D eigenvalue weighted by Gasteiger charge is -2.21. The molecule has 0 atom stereocenters. The van der Waals surface area contributed by atoms with E-state index in [9.17, 15) is 0 Å². The summed E-state index contributed by atoms with van der Waals surface area (Å²) in [5.41, 5.74) is 8.11. The third-order valence-corrected chi connectivity index (χ3v) is 3.93. The van der Waals surface area contributed by atoms with Gasteiger partial charge >= 0.3 is 0 Å². The molecule has 4 heteroatoms. The van der Waals surface area contributed by atoms with Gasteiger partial charge in [-0.15, -0.1) is 0 Å². The van der Waals surface area contributed by atoms with Gasteiger partial charge in [-0.05, 0) is 43.4 Å². The van der Waals surface area contributed by atoms with E-state index in [2.05, 4.69) is 29.8 Å². The molecule has 0 bridgehead atoms. The number of hydrogen-bond donors (Lipinski definition) is 1. The van der Waals surface area contributed by atoms with Crippen LogP contribution in [0.1, 0.15) is 43.7 Å². The van der Waals surface area contributed by atoms with Gasteiger partial charge in [-0.1, -0.05) is 29.8 Å². The van der Waals surface area contributed by atoms with Crippen LogP contribution in [0.25, 0.3) is 0 Å². The molecule has 1 rings (SSSR count). The molecule has 0 fully saturated rings. The highest BCUT2D eigenvalue weighted by atomic mass is 79.9. The van der Waals surface area contributed by atoms with Gasteiger partial charge in [0.05, 0.1) is 14.2 Å². The van der Waals surface area contributed by atoms with Gasteiger partial charge in [-0.25, -0.2) is 0 Å². The number of hydrogen-bond acceptors (Lipinski definition) is 3. The molecule has 0 aliphatic carbocycles. The van der Waals surface area contributed by atoms with E-state index in [1.54, 1.807) is 14.2 Å². The summed E-state index contributed by atoms with van der Waals surface area (Å²) in [6, 6.07) is 1.99. The smallest absolute Gasteiger partial charge is 0.164 e. The Morgan fingerprint density at radius 1 is 1.21 bits per heavy atom. The minimum Gasteiger partial charge on any atom is -0.493 e. The summed E-state index contributed by atoms with van der Waals surface area (Å²) in [4.78, 5) is 0. The van der Waals surface area contributed by atoms with E-state index in [0.717, 1.165) is 41.8 Å². The summed E-state index contributed by atoms with van der Waals surface area (Å²) in [7, 11) is 3.36. The highest BCUT2D eigenvalue weighted by Crippen LogP contribution is 2.42. The highest BCUT2D eigenvalue weighted by Gasteiger charge is 2.20. The normalized spacial score (nSPS) is 10.9. The number of methoxy groups -OCH3 is 2. The molecule has 1 aromatic carbocycles. The maximum absolute atomic E-state index is 5.57. The molecule has 0 aliphatic heterocycles. The molecule has 108 valence electrons. The number of rotatable bonds is 7. The Bertz CT molecular complexity index is 419. The molecule has 0 unspecified atom stereocenters. The van der Waals surface area contributed by atoms with Crippen molar-refractivity contribution in [3.8, 4) is 11.5 Å². The van der Waals surface area contributed by atoms with E-state index in [0.29, 0.717) is 5.92 Å². The van der Waals surface area contributed by atoms with E-state index in [4.69, 9.17) is 15.2 Å². The minimum absolute atomic E-state index is 0.384. The zero-order valence-electron chi connectivity index (χ0n) is 12.3. The first-order valence-corrected chi connectivity index (χ1v) is 7.49. The molecule has 0 aromatic heterocycles. The second kappa shape index (κ2) is 7.75. The summed E-state index contributed by atoms with van der Waals surface area (Å²) in [6.07, 6.45) is 3.13. The highest BCUT2D eigenvalue weighted by molar-refractivity contribution is 9.10. The molecule has 2 N–H and O–H groups in total. The number of benzene rings is 1. The fourth-order valence-corrected chi connectivity index (χ4v) is 2.96. The van der Waals surface area contributed by atoms with E-state index in [-0.39, 0.29) is 0 Å². The van der Waals surface area contributed by atoms with E-state index < -0.39 is 0 Å². The van der Waals surface area contributed by atoms with Crippen molar-refractivity contribution in [2.75, 3.05) is 20.8 Å². The molecule has 0 saturated carbocycles. The van der Waals surface area contributed by atoms with Gasteiger partial charge < -0.3 is 15.2 Å². The van der Waals surface area contributed by atoms with Crippen LogP contribution < -0.4 is 15.2 Å². The summed E-state index contributed by atoms with van der Waals surface area (Å²) in [6.45, 7) is 5.09. The fourth-order valence-electron chi connectivity index (χ4n) is 2.34. The van der Waals surface area contributed by atoms with E-state index in [1.165, 1.54) is 11.1 Å². The molecule has 0 saturated heterocycles. The Morgan fingerprint density at radius 2 is 1.89 bits per heavy atom. The van der Waals surface area contributed by atoms with Crippen LogP contribution in [-0.2, 0) is 6.42 Å². The zero-order chi connectivity index (χ0) is 14.4. The van der Waals surface area contributed by atoms with Crippen molar-refractivity contribution in [1.29, 1.82) is 0 Å². The van der Waals surface area contributed by atoms with Crippen LogP contribution in [0.15, 0.2) is 10.5 Å². The van der Waals surface area contributed by atoms with Crippen LogP contribution in [0.5, 0.6) is 11.5 Å². The van der Waals surface area contributed by atoms with Crippen LogP contribution in [0.3, 0.4) is 0 Å². The lowest BCUT2D eigenvalue weighted by atomic mass is 9.92. The maximum Gasteiger partial charge on any atom is 0.164 e. The first-order valence-electron chi connectivity index (χ1n) is 6.70. The average Bonchev–Trinajstić information content (AvgIpc) is 2.39. The maximum atomic E-state index is 5.57. The summed E-state index contributed by atoms with van der Waals surface area (Å²) in [5.74, 6) is 2.01. The number of halogens is 1. The Labute approximate surface area is 124 Å². The zero-order valence-corrected chi connectivity index (χ0v) is 13.8. The second-order valence-corrected chi connectivity index (χ2v) is 5.74. The van der Waals surface area contributed by atoms with Gasteiger partial charge in [0.2, 0.25) is 0 Å². The SMILES string of the molecule is COc1cc(Br)c(CCCCN)c(C(C)C)c1OC. The van der Waals surface area contributed by atoms with E-state index >= 15 is 0 Å². The largest absolute Gasteiger partial charge is 0.493 e. The molecule has 0 spiro atoms. The van der Waals surface area contributed by atoms with E-state index in [1.807, 2.05) is 6.07 Å². The molecule has 0 aliphatic rings. The molecule has 3 nitrogen and oxygen atoms in total. The quantitative estimate of drug-likeness (QED) is 0.772. The minimum atomic E-state index is 0.384. The van der Waals surface area contributed by atoms with Crippen LogP contribution in [-0.4, -0.2) is 20.8 Å². The third kappa shape index (κ3) is 3.86. The first kappa shape index (κ1) is 16.3. The van der Waals surface area contributed by atoms with Gasteiger partial charge in [0, 0.05) is 10.0 Å². The summed E-state index contributed by atoms with van der Waals surface area (Å²) >= 11 is 3.66. The van der Waals surface area contributed by atoms with Crippen LogP contribution in [0.2, 0.25) is 0 Å². The first-order chi connectivity index (χ1) is 9.06. The fraction of sp³-hybridized carbons (Fsp3) is 0.600. The molecule has 0 amide bonds. The van der Waals surface area contributed by atoms with Crippen LogP contribution in [0, 0.1) is 0 Å². The average molecular weight is 330 g/mol. The van der Waals surface area contributed by atoms with Crippen molar-refractivity contribution < 1.29 is 9.47 Å². The van der Waals surface area contributed by atoms with Crippen molar-refractivity contribution in [2.24, 2.45) is 5.73 Å². The van der Waals surface area contributed by atoms with Crippen molar-refractivity contribution in [2.45, 2.75) is 39.0 Å². The molecule has 0 heterocycles. The van der Waals surface area contributed by atoms with Crippen molar-refractivity contribution >= 4 is 15.9 Å². The topological polar surface area (TPSA) is 44.5 Å². The van der Waals surface area contributed by atoms with Gasteiger partial charge in [0.25, 0.3) is 0 Å². The number of ether oxygens (including phenoxy) is 2. The molecule has 0 radical (unpaired) electrons. The Morgan fingerprint density at radius 3 is 2.37 bits per heavy atom. The lowest BCUT2D eigenvalue weighted by molar-refractivity contribution is 0.349. The second-order valence-electron chi connectivity index (χ2n) is 4.89. The predicted octanol–water partition coefficient (Wildman–Crippen LogP) is 3.87. The molecule has 19 heavy (non-hydrogen) atoms. The van der Waals surface area contributed by atoms with Crippen molar-refractivity contribution in [1.82, 2.24) is 0 Å². The van der Waals surface area contributed by atoms with Crippen molar-refractivity contribution in [3.05, 3.63) is 21.7 Å². The van der Waals surface area contributed by atoms with Gasteiger partial charge in [0.1, 0.15) is 0 Å². The van der Waals surface area contributed by atoms with Crippen LogP contribution >= 0.6 is 15.9 Å². The summed E-state index contributed by atoms with van der Waals surface area (Å²) < 4.78 is 12.1. The lowest BCUT2D eigenvalue weighted by Crippen LogP contribution is -2.05. The molecular formula is C15H24BrNO2. The Kier molecular flexibility index (Phi) is 6.66. The van der Waals surface area contributed by atoms with Gasteiger partial charge in [-0.2, -0.15) is 0 Å². The Hall–Kier alpha value is -0.740. The standard InChI is InChI=1S/C15H24BrNO2/c1-10(2)14-11(7-5-6-8-17)12(16)9-13(18-3)15(14)19-4/h9-10H,5-8,17H2,1-4H3. The molecule has 1 aromatic rings. The summed E-state index contributed by atoms with van der Waals surface area (Å²) in [5, 5.41) is 0. The number of nitrogens with two attached hydrogens (primary N) is 1. The van der Waals surface area contributed by atoms with Crippen molar-refractivity contribution in [3.63, 3.8) is 0 Å². The van der Waals surface area contributed by atoms with Gasteiger partial charge in [-0.3, -0.25) is 0 Å². The third-order valence-electron chi connectivity index (χ3n) is 3.22. The predicted molar refractivity (Wildman–Crippen MR) is 83.3 cm³/mol. The number of unbranched alkanes of at least 4 members (excludes halogenated alkanes) is 1. The van der Waals surface area contributed by atoms with Crippen LogP contribution in [0.4, 0.5) is 0 Å². The Balaban J connectivity index is 3.26. The van der Waals surface area contributed by atoms with Gasteiger partial charge in [0.15, 0.2) is 11.5 Å². The molecular weight excluding hydrogens is 306 g/mol. The monoisotopic (exact) mass is 329 g/mol.